The molecular formula is C19H15N5O3. The number of para-hydroxylation sites is 2. The van der Waals surface area contributed by atoms with Gasteiger partial charge >= 0.3 is 0 Å². The van der Waals surface area contributed by atoms with E-state index in [0.717, 1.165) is 16.5 Å². The number of nitrogens with one attached hydrogen (secondary N) is 1. The highest BCUT2D eigenvalue weighted by Crippen LogP contribution is 2.20. The first-order valence-electron chi connectivity index (χ1n) is 8.09. The number of nitriles is 1. The minimum Gasteiger partial charge on any atom is -0.333 e. The molecule has 3 rings (SSSR count). The molecule has 0 aliphatic rings. The Morgan fingerprint density at radius 1 is 1.26 bits per heavy atom. The molecule has 0 radical (unpaired) electrons. The molecular weight excluding hydrogens is 346 g/mol. The van der Waals surface area contributed by atoms with Gasteiger partial charge in [0.15, 0.2) is 0 Å². The molecule has 3 aromatic rings. The van der Waals surface area contributed by atoms with E-state index in [4.69, 9.17) is 5.26 Å². The van der Waals surface area contributed by atoms with E-state index in [2.05, 4.69) is 16.6 Å². The third-order valence-corrected chi connectivity index (χ3v) is 3.99. The molecule has 0 bridgehead atoms. The van der Waals surface area contributed by atoms with Crippen LogP contribution in [0.2, 0.25) is 0 Å². The van der Waals surface area contributed by atoms with Crippen molar-refractivity contribution in [1.82, 2.24) is 9.99 Å². The SMILES string of the molecule is N#CCn1cc(/C=N/NC(=O)Cc2ccccc2[N+](=O)[O-])c2ccccc21. The molecule has 1 amide bonds. The molecule has 1 heterocycles. The van der Waals surface area contributed by atoms with Crippen molar-refractivity contribution in [2.24, 2.45) is 5.10 Å². The van der Waals surface area contributed by atoms with Crippen molar-refractivity contribution < 1.29 is 9.72 Å². The molecule has 8 heteroatoms. The highest BCUT2D eigenvalue weighted by atomic mass is 16.6. The van der Waals surface area contributed by atoms with Gasteiger partial charge in [0.2, 0.25) is 5.91 Å². The van der Waals surface area contributed by atoms with Crippen LogP contribution in [0.5, 0.6) is 0 Å². The second kappa shape index (κ2) is 7.93. The standard InChI is InChI=1S/C19H15N5O3/c20-9-10-23-13-15(16-6-2-4-8-18(16)23)12-21-22-19(25)11-14-5-1-3-7-17(14)24(26)27/h1-8,12-13H,10-11H2,(H,22,25)/b21-12+. The summed E-state index contributed by atoms with van der Waals surface area (Å²) in [6.45, 7) is 0.207. The molecule has 0 saturated carbocycles. The van der Waals surface area contributed by atoms with Crippen LogP contribution in [0.15, 0.2) is 59.8 Å². The molecule has 27 heavy (non-hydrogen) atoms. The Morgan fingerprint density at radius 2 is 2.00 bits per heavy atom. The van der Waals surface area contributed by atoms with Gasteiger partial charge < -0.3 is 4.57 Å². The van der Waals surface area contributed by atoms with Gasteiger partial charge in [0, 0.05) is 34.3 Å². The third kappa shape index (κ3) is 3.99. The number of benzene rings is 2. The fraction of sp³-hybridized carbons (Fsp3) is 0.105. The van der Waals surface area contributed by atoms with E-state index in [0.29, 0.717) is 5.56 Å². The summed E-state index contributed by atoms with van der Waals surface area (Å²) in [5, 5.41) is 24.8. The number of nitro groups is 1. The molecule has 0 aliphatic heterocycles. The van der Waals surface area contributed by atoms with E-state index < -0.39 is 10.8 Å². The van der Waals surface area contributed by atoms with Crippen LogP contribution in [0, 0.1) is 21.4 Å². The first-order chi connectivity index (χ1) is 13.1. The van der Waals surface area contributed by atoms with Crippen LogP contribution in [0.1, 0.15) is 11.1 Å². The summed E-state index contributed by atoms with van der Waals surface area (Å²) in [6.07, 6.45) is 3.13. The Bertz CT molecular complexity index is 1080. The van der Waals surface area contributed by atoms with Crippen LogP contribution in [0.3, 0.4) is 0 Å². The molecule has 1 N–H and O–H groups in total. The Morgan fingerprint density at radius 3 is 2.78 bits per heavy atom. The van der Waals surface area contributed by atoms with Crippen LogP contribution < -0.4 is 5.43 Å². The lowest BCUT2D eigenvalue weighted by Crippen LogP contribution is -2.20. The van der Waals surface area contributed by atoms with Gasteiger partial charge in [0.05, 0.1) is 23.6 Å². The third-order valence-electron chi connectivity index (χ3n) is 3.99. The Balaban J connectivity index is 1.73. The van der Waals surface area contributed by atoms with E-state index >= 15 is 0 Å². The zero-order chi connectivity index (χ0) is 19.2. The molecule has 0 aliphatic carbocycles. The molecule has 0 saturated heterocycles. The second-order valence-corrected chi connectivity index (χ2v) is 5.74. The molecule has 1 aromatic heterocycles. The number of rotatable bonds is 6. The number of amides is 1. The zero-order valence-corrected chi connectivity index (χ0v) is 14.2. The van der Waals surface area contributed by atoms with E-state index in [1.54, 1.807) is 22.9 Å². The van der Waals surface area contributed by atoms with Gasteiger partial charge in [-0.25, -0.2) is 5.43 Å². The van der Waals surface area contributed by atoms with Crippen LogP contribution in [-0.2, 0) is 17.8 Å². The van der Waals surface area contributed by atoms with Crippen LogP contribution in [0.25, 0.3) is 10.9 Å². The summed E-state index contributed by atoms with van der Waals surface area (Å²) in [5.41, 5.74) is 4.26. The van der Waals surface area contributed by atoms with Crippen LogP contribution >= 0.6 is 0 Å². The maximum absolute atomic E-state index is 12.1. The summed E-state index contributed by atoms with van der Waals surface area (Å²) in [5.74, 6) is -0.457. The number of fused-ring (bicyclic) bond motifs is 1. The number of hydrogen-bond donors (Lipinski definition) is 1. The molecule has 0 unspecified atom stereocenters. The van der Waals surface area contributed by atoms with Crippen molar-refractivity contribution in [2.75, 3.05) is 0 Å². The number of hydrazone groups is 1. The molecule has 0 fully saturated rings. The number of nitro benzene ring substituents is 1. The lowest BCUT2D eigenvalue weighted by atomic mass is 10.1. The Kier molecular flexibility index (Phi) is 5.23. The summed E-state index contributed by atoms with van der Waals surface area (Å²) in [7, 11) is 0. The molecule has 8 nitrogen and oxygen atoms in total. The zero-order valence-electron chi connectivity index (χ0n) is 14.2. The molecule has 0 spiro atoms. The maximum atomic E-state index is 12.1. The van der Waals surface area contributed by atoms with Crippen molar-refractivity contribution in [1.29, 1.82) is 5.26 Å². The van der Waals surface area contributed by atoms with Crippen molar-refractivity contribution in [2.45, 2.75) is 13.0 Å². The predicted octanol–water partition coefficient (Wildman–Crippen LogP) is 2.77. The first-order valence-corrected chi connectivity index (χ1v) is 8.09. The normalized spacial score (nSPS) is 10.8. The highest BCUT2D eigenvalue weighted by Gasteiger charge is 2.15. The van der Waals surface area contributed by atoms with Gasteiger partial charge in [-0.3, -0.25) is 14.9 Å². The quantitative estimate of drug-likeness (QED) is 0.413. The molecule has 134 valence electrons. The first kappa shape index (κ1) is 17.8. The van der Waals surface area contributed by atoms with Gasteiger partial charge in [0.1, 0.15) is 6.54 Å². The predicted molar refractivity (Wildman–Crippen MR) is 100 cm³/mol. The van der Waals surface area contributed by atoms with Gasteiger partial charge in [-0.15, -0.1) is 0 Å². The Hall–Kier alpha value is -3.99. The number of carbonyl (C=O) groups excluding carboxylic acids is 1. The van der Waals surface area contributed by atoms with Gasteiger partial charge in [-0.05, 0) is 6.07 Å². The van der Waals surface area contributed by atoms with E-state index in [-0.39, 0.29) is 18.7 Å². The number of hydrogen-bond acceptors (Lipinski definition) is 5. The summed E-state index contributed by atoms with van der Waals surface area (Å²) in [6, 6.07) is 15.7. The van der Waals surface area contributed by atoms with E-state index in [1.165, 1.54) is 18.3 Å². The number of aromatic nitrogens is 1. The van der Waals surface area contributed by atoms with Crippen molar-refractivity contribution in [3.05, 3.63) is 76.0 Å². The number of nitrogens with zero attached hydrogens (tertiary/aromatic N) is 4. The second-order valence-electron chi connectivity index (χ2n) is 5.74. The smallest absolute Gasteiger partial charge is 0.273 e. The fourth-order valence-corrected chi connectivity index (χ4v) is 2.81. The summed E-state index contributed by atoms with van der Waals surface area (Å²) >= 11 is 0. The van der Waals surface area contributed by atoms with Gasteiger partial charge in [-0.2, -0.15) is 10.4 Å². The van der Waals surface area contributed by atoms with Crippen molar-refractivity contribution in [3.63, 3.8) is 0 Å². The molecule has 2 aromatic carbocycles. The minimum absolute atomic E-state index is 0.101. The van der Waals surface area contributed by atoms with Gasteiger partial charge in [0.25, 0.3) is 5.69 Å². The fourth-order valence-electron chi connectivity index (χ4n) is 2.81. The summed E-state index contributed by atoms with van der Waals surface area (Å²) < 4.78 is 1.80. The lowest BCUT2D eigenvalue weighted by molar-refractivity contribution is -0.385. The van der Waals surface area contributed by atoms with Crippen molar-refractivity contribution in [3.8, 4) is 6.07 Å². The monoisotopic (exact) mass is 361 g/mol. The lowest BCUT2D eigenvalue weighted by Gasteiger charge is -2.01. The van der Waals surface area contributed by atoms with E-state index in [9.17, 15) is 14.9 Å². The highest BCUT2D eigenvalue weighted by molar-refractivity contribution is 5.99. The summed E-state index contributed by atoms with van der Waals surface area (Å²) in [4.78, 5) is 22.5. The largest absolute Gasteiger partial charge is 0.333 e. The Labute approximate surface area is 154 Å². The average Bonchev–Trinajstić information content (AvgIpc) is 3.00. The number of carbonyl (C=O) groups is 1. The van der Waals surface area contributed by atoms with E-state index in [1.807, 2.05) is 24.3 Å². The maximum Gasteiger partial charge on any atom is 0.273 e. The minimum atomic E-state index is -0.518. The van der Waals surface area contributed by atoms with Crippen LogP contribution in [-0.4, -0.2) is 21.6 Å². The van der Waals surface area contributed by atoms with Crippen LogP contribution in [0.4, 0.5) is 5.69 Å². The average molecular weight is 361 g/mol. The van der Waals surface area contributed by atoms with Crippen molar-refractivity contribution >= 4 is 28.7 Å². The molecule has 0 atom stereocenters. The van der Waals surface area contributed by atoms with Gasteiger partial charge in [-0.1, -0.05) is 36.4 Å². The topological polar surface area (TPSA) is 113 Å².